The number of benzene rings is 1. The van der Waals surface area contributed by atoms with Crippen LogP contribution in [-0.4, -0.2) is 44.1 Å². The number of hydrogen-bond acceptors (Lipinski definition) is 6. The SMILES string of the molecule is COc1cc2cncnc2cc1OCCCS(C)(=O)=O. The Morgan fingerprint density at radius 2 is 2.05 bits per heavy atom. The van der Waals surface area contributed by atoms with Crippen LogP contribution in [0.2, 0.25) is 0 Å². The zero-order valence-electron chi connectivity index (χ0n) is 11.4. The van der Waals surface area contributed by atoms with E-state index in [0.29, 0.717) is 24.5 Å². The summed E-state index contributed by atoms with van der Waals surface area (Å²) in [6.45, 7) is 0.306. The Labute approximate surface area is 117 Å². The quantitative estimate of drug-likeness (QED) is 0.751. The van der Waals surface area contributed by atoms with Gasteiger partial charge in [-0.25, -0.2) is 18.4 Å². The lowest BCUT2D eigenvalue weighted by atomic mass is 10.2. The van der Waals surface area contributed by atoms with Crippen molar-refractivity contribution < 1.29 is 17.9 Å². The van der Waals surface area contributed by atoms with Crippen LogP contribution in [0.5, 0.6) is 11.5 Å². The minimum atomic E-state index is -2.96. The Bertz CT molecular complexity index is 701. The van der Waals surface area contributed by atoms with Gasteiger partial charge in [0.1, 0.15) is 16.2 Å². The molecule has 20 heavy (non-hydrogen) atoms. The molecular formula is C13H16N2O4S. The van der Waals surface area contributed by atoms with E-state index in [1.54, 1.807) is 25.4 Å². The second-order valence-electron chi connectivity index (χ2n) is 4.42. The third-order valence-corrected chi connectivity index (χ3v) is 3.74. The van der Waals surface area contributed by atoms with Gasteiger partial charge in [-0.05, 0) is 12.5 Å². The highest BCUT2D eigenvalue weighted by Gasteiger charge is 2.08. The second kappa shape index (κ2) is 6.04. The van der Waals surface area contributed by atoms with Gasteiger partial charge < -0.3 is 9.47 Å². The van der Waals surface area contributed by atoms with E-state index in [0.717, 1.165) is 10.9 Å². The number of nitrogens with zero attached hydrogens (tertiary/aromatic N) is 2. The summed E-state index contributed by atoms with van der Waals surface area (Å²) in [4.78, 5) is 8.09. The van der Waals surface area contributed by atoms with Crippen LogP contribution in [0, 0.1) is 0 Å². The number of rotatable bonds is 6. The Balaban J connectivity index is 2.12. The highest BCUT2D eigenvalue weighted by Crippen LogP contribution is 2.31. The van der Waals surface area contributed by atoms with Crippen molar-refractivity contribution in [2.24, 2.45) is 0 Å². The predicted octanol–water partition coefficient (Wildman–Crippen LogP) is 1.45. The number of sulfone groups is 1. The van der Waals surface area contributed by atoms with Gasteiger partial charge in [0.2, 0.25) is 0 Å². The normalized spacial score (nSPS) is 11.5. The van der Waals surface area contributed by atoms with Crippen molar-refractivity contribution in [1.29, 1.82) is 0 Å². The number of aromatic nitrogens is 2. The predicted molar refractivity (Wildman–Crippen MR) is 75.9 cm³/mol. The van der Waals surface area contributed by atoms with Crippen molar-refractivity contribution in [3.05, 3.63) is 24.7 Å². The maximum absolute atomic E-state index is 11.0. The van der Waals surface area contributed by atoms with Gasteiger partial charge in [-0.15, -0.1) is 0 Å². The smallest absolute Gasteiger partial charge is 0.163 e. The molecule has 0 saturated heterocycles. The minimum Gasteiger partial charge on any atom is -0.493 e. The van der Waals surface area contributed by atoms with Crippen LogP contribution >= 0.6 is 0 Å². The van der Waals surface area contributed by atoms with Gasteiger partial charge in [0.25, 0.3) is 0 Å². The summed E-state index contributed by atoms with van der Waals surface area (Å²) in [6, 6.07) is 3.55. The van der Waals surface area contributed by atoms with Crippen molar-refractivity contribution in [2.45, 2.75) is 6.42 Å². The maximum Gasteiger partial charge on any atom is 0.163 e. The molecule has 1 heterocycles. The third-order valence-electron chi connectivity index (χ3n) is 2.71. The Morgan fingerprint density at radius 3 is 2.75 bits per heavy atom. The first-order valence-electron chi connectivity index (χ1n) is 6.08. The van der Waals surface area contributed by atoms with Crippen LogP contribution < -0.4 is 9.47 Å². The molecule has 6 nitrogen and oxygen atoms in total. The first-order chi connectivity index (χ1) is 9.49. The van der Waals surface area contributed by atoms with Crippen LogP contribution in [0.3, 0.4) is 0 Å². The summed E-state index contributed by atoms with van der Waals surface area (Å²) >= 11 is 0. The van der Waals surface area contributed by atoms with E-state index in [2.05, 4.69) is 9.97 Å². The average Bonchev–Trinajstić information content (AvgIpc) is 2.41. The summed E-state index contributed by atoms with van der Waals surface area (Å²) in [5.41, 5.74) is 0.749. The lowest BCUT2D eigenvalue weighted by molar-refractivity contribution is 0.295. The Morgan fingerprint density at radius 1 is 1.25 bits per heavy atom. The Hall–Kier alpha value is -1.89. The van der Waals surface area contributed by atoms with E-state index in [-0.39, 0.29) is 5.75 Å². The zero-order valence-corrected chi connectivity index (χ0v) is 12.2. The van der Waals surface area contributed by atoms with E-state index in [1.165, 1.54) is 12.6 Å². The van der Waals surface area contributed by atoms with E-state index in [1.807, 2.05) is 0 Å². The monoisotopic (exact) mass is 296 g/mol. The van der Waals surface area contributed by atoms with E-state index < -0.39 is 9.84 Å². The summed E-state index contributed by atoms with van der Waals surface area (Å²) < 4.78 is 32.9. The highest BCUT2D eigenvalue weighted by atomic mass is 32.2. The van der Waals surface area contributed by atoms with Gasteiger partial charge in [-0.2, -0.15) is 0 Å². The third kappa shape index (κ3) is 3.80. The molecule has 2 aromatic rings. The van der Waals surface area contributed by atoms with Crippen molar-refractivity contribution >= 4 is 20.7 Å². The molecule has 0 aliphatic carbocycles. The molecule has 0 spiro atoms. The molecule has 2 rings (SSSR count). The van der Waals surface area contributed by atoms with Crippen molar-refractivity contribution in [3.63, 3.8) is 0 Å². The molecule has 0 atom stereocenters. The molecule has 0 N–H and O–H groups in total. The molecule has 0 fully saturated rings. The van der Waals surface area contributed by atoms with Gasteiger partial charge in [-0.1, -0.05) is 0 Å². The Kier molecular flexibility index (Phi) is 4.39. The molecule has 0 bridgehead atoms. The van der Waals surface area contributed by atoms with Crippen molar-refractivity contribution in [3.8, 4) is 11.5 Å². The minimum absolute atomic E-state index is 0.102. The van der Waals surface area contributed by atoms with Crippen LogP contribution in [0.15, 0.2) is 24.7 Å². The van der Waals surface area contributed by atoms with Crippen LogP contribution in [0.4, 0.5) is 0 Å². The molecule has 0 amide bonds. The fraction of sp³-hybridized carbons (Fsp3) is 0.385. The standard InChI is InChI=1S/C13H16N2O4S/c1-18-12-6-10-8-14-9-15-11(10)7-13(12)19-4-3-5-20(2,16)17/h6-9H,3-5H2,1-2H3. The van der Waals surface area contributed by atoms with Crippen molar-refractivity contribution in [1.82, 2.24) is 9.97 Å². The lowest BCUT2D eigenvalue weighted by Crippen LogP contribution is -2.08. The molecule has 1 aromatic carbocycles. The lowest BCUT2D eigenvalue weighted by Gasteiger charge is -2.11. The van der Waals surface area contributed by atoms with E-state index in [4.69, 9.17) is 9.47 Å². The number of fused-ring (bicyclic) bond motifs is 1. The van der Waals surface area contributed by atoms with Crippen LogP contribution in [-0.2, 0) is 9.84 Å². The molecule has 0 radical (unpaired) electrons. The van der Waals surface area contributed by atoms with E-state index >= 15 is 0 Å². The molecule has 108 valence electrons. The zero-order chi connectivity index (χ0) is 14.6. The largest absolute Gasteiger partial charge is 0.493 e. The number of methoxy groups -OCH3 is 1. The van der Waals surface area contributed by atoms with Gasteiger partial charge >= 0.3 is 0 Å². The molecular weight excluding hydrogens is 280 g/mol. The summed E-state index contributed by atoms with van der Waals surface area (Å²) in [7, 11) is -1.41. The second-order valence-corrected chi connectivity index (χ2v) is 6.68. The van der Waals surface area contributed by atoms with Gasteiger partial charge in [-0.3, -0.25) is 0 Å². The number of hydrogen-bond donors (Lipinski definition) is 0. The van der Waals surface area contributed by atoms with E-state index in [9.17, 15) is 8.42 Å². The van der Waals surface area contributed by atoms with Gasteiger partial charge in [0.05, 0.1) is 25.0 Å². The first-order valence-corrected chi connectivity index (χ1v) is 8.14. The molecule has 0 unspecified atom stereocenters. The summed E-state index contributed by atoms with van der Waals surface area (Å²) in [6.07, 6.45) is 4.80. The molecule has 0 aliphatic heterocycles. The highest BCUT2D eigenvalue weighted by molar-refractivity contribution is 7.90. The maximum atomic E-state index is 11.0. The van der Waals surface area contributed by atoms with Crippen LogP contribution in [0.1, 0.15) is 6.42 Å². The molecule has 7 heteroatoms. The van der Waals surface area contributed by atoms with Gasteiger partial charge in [0, 0.05) is 23.9 Å². The summed E-state index contributed by atoms with van der Waals surface area (Å²) in [5.74, 6) is 1.23. The fourth-order valence-electron chi connectivity index (χ4n) is 1.76. The van der Waals surface area contributed by atoms with Crippen molar-refractivity contribution in [2.75, 3.05) is 25.7 Å². The van der Waals surface area contributed by atoms with Gasteiger partial charge in [0.15, 0.2) is 11.5 Å². The number of ether oxygens (including phenoxy) is 2. The first kappa shape index (κ1) is 14.5. The summed E-state index contributed by atoms with van der Waals surface area (Å²) in [5, 5.41) is 0.854. The average molecular weight is 296 g/mol. The fourth-order valence-corrected chi connectivity index (χ4v) is 2.41. The molecule has 1 aromatic heterocycles. The molecule has 0 aliphatic rings. The molecule has 0 saturated carbocycles. The topological polar surface area (TPSA) is 78.4 Å². The van der Waals surface area contributed by atoms with Crippen LogP contribution in [0.25, 0.3) is 10.9 Å².